The van der Waals surface area contributed by atoms with Crippen LogP contribution in [0.4, 0.5) is 0 Å². The van der Waals surface area contributed by atoms with Crippen LogP contribution >= 0.6 is 0 Å². The van der Waals surface area contributed by atoms with Gasteiger partial charge >= 0.3 is 0 Å². The normalized spacial score (nSPS) is 14.2. The molecule has 2 rings (SSSR count). The molecule has 2 nitrogen and oxygen atoms in total. The first-order valence-electron chi connectivity index (χ1n) is 4.35. The molecule has 0 spiro atoms. The number of para-hydroxylation sites is 1. The molecule has 0 atom stereocenters. The van der Waals surface area contributed by atoms with Gasteiger partial charge < -0.3 is 9.47 Å². The fourth-order valence-electron chi connectivity index (χ4n) is 1.46. The van der Waals surface area contributed by atoms with Gasteiger partial charge in [-0.2, -0.15) is 0 Å². The van der Waals surface area contributed by atoms with E-state index in [0.29, 0.717) is 6.61 Å². The minimum Gasteiger partial charge on any atom is -0.493 e. The predicted octanol–water partition coefficient (Wildman–Crippen LogP) is 2.19. The van der Waals surface area contributed by atoms with E-state index in [1.54, 1.807) is 7.11 Å². The SMILES string of the molecule is COc1cccc2c1OCC=CC2. The molecule has 1 aromatic carbocycles. The van der Waals surface area contributed by atoms with Crippen LogP contribution in [0.15, 0.2) is 30.4 Å². The zero-order chi connectivity index (χ0) is 9.10. The van der Waals surface area contributed by atoms with Crippen LogP contribution in [0.3, 0.4) is 0 Å². The molecular weight excluding hydrogens is 164 g/mol. The first-order chi connectivity index (χ1) is 6.42. The fraction of sp³-hybridized carbons (Fsp3) is 0.273. The molecule has 0 aromatic heterocycles. The molecule has 0 saturated heterocycles. The monoisotopic (exact) mass is 176 g/mol. The molecule has 2 heteroatoms. The first kappa shape index (κ1) is 8.17. The highest BCUT2D eigenvalue weighted by molar-refractivity contribution is 5.48. The van der Waals surface area contributed by atoms with Gasteiger partial charge in [0.2, 0.25) is 0 Å². The van der Waals surface area contributed by atoms with E-state index in [0.717, 1.165) is 17.9 Å². The molecule has 0 radical (unpaired) electrons. The molecule has 0 fully saturated rings. The molecule has 13 heavy (non-hydrogen) atoms. The number of methoxy groups -OCH3 is 1. The van der Waals surface area contributed by atoms with E-state index in [9.17, 15) is 0 Å². The van der Waals surface area contributed by atoms with Gasteiger partial charge in [0.25, 0.3) is 0 Å². The molecular formula is C11H12O2. The van der Waals surface area contributed by atoms with E-state index in [1.165, 1.54) is 5.56 Å². The summed E-state index contributed by atoms with van der Waals surface area (Å²) in [4.78, 5) is 0. The Hall–Kier alpha value is -1.44. The quantitative estimate of drug-likeness (QED) is 0.610. The van der Waals surface area contributed by atoms with Crippen LogP contribution in [-0.2, 0) is 6.42 Å². The van der Waals surface area contributed by atoms with E-state index in [4.69, 9.17) is 9.47 Å². The first-order valence-corrected chi connectivity index (χ1v) is 4.35. The number of hydrogen-bond acceptors (Lipinski definition) is 2. The molecule has 1 aromatic rings. The predicted molar refractivity (Wildman–Crippen MR) is 51.3 cm³/mol. The fourth-order valence-corrected chi connectivity index (χ4v) is 1.46. The number of allylic oxidation sites excluding steroid dienone is 1. The number of rotatable bonds is 1. The smallest absolute Gasteiger partial charge is 0.165 e. The maximum atomic E-state index is 5.56. The van der Waals surface area contributed by atoms with Crippen molar-refractivity contribution in [3.63, 3.8) is 0 Å². The molecule has 0 N–H and O–H groups in total. The third-order valence-corrected chi connectivity index (χ3v) is 2.11. The molecule has 0 unspecified atom stereocenters. The molecule has 0 amide bonds. The van der Waals surface area contributed by atoms with E-state index in [-0.39, 0.29) is 0 Å². The molecule has 68 valence electrons. The van der Waals surface area contributed by atoms with Crippen LogP contribution < -0.4 is 9.47 Å². The lowest BCUT2D eigenvalue weighted by Gasteiger charge is -2.10. The minimum absolute atomic E-state index is 0.632. The zero-order valence-electron chi connectivity index (χ0n) is 7.62. The Balaban J connectivity index is 2.44. The van der Waals surface area contributed by atoms with Gasteiger partial charge in [-0.25, -0.2) is 0 Å². The summed E-state index contributed by atoms with van der Waals surface area (Å²) in [6.45, 7) is 0.632. The van der Waals surface area contributed by atoms with Crippen molar-refractivity contribution in [2.75, 3.05) is 13.7 Å². The Morgan fingerprint density at radius 1 is 1.31 bits per heavy atom. The van der Waals surface area contributed by atoms with Gasteiger partial charge in [0, 0.05) is 5.56 Å². The topological polar surface area (TPSA) is 18.5 Å². The van der Waals surface area contributed by atoms with Crippen molar-refractivity contribution in [2.45, 2.75) is 6.42 Å². The maximum absolute atomic E-state index is 5.56. The van der Waals surface area contributed by atoms with Crippen molar-refractivity contribution in [1.29, 1.82) is 0 Å². The second-order valence-electron chi connectivity index (χ2n) is 2.94. The number of fused-ring (bicyclic) bond motifs is 1. The Morgan fingerprint density at radius 3 is 3.08 bits per heavy atom. The standard InChI is InChI=1S/C11H12O2/c1-12-10-7-4-6-9-5-2-3-8-13-11(9)10/h2-4,6-7H,5,8H2,1H3. The van der Waals surface area contributed by atoms with Gasteiger partial charge in [0.05, 0.1) is 7.11 Å². The van der Waals surface area contributed by atoms with Gasteiger partial charge in [-0.3, -0.25) is 0 Å². The van der Waals surface area contributed by atoms with E-state index >= 15 is 0 Å². The van der Waals surface area contributed by atoms with Crippen molar-refractivity contribution in [3.05, 3.63) is 35.9 Å². The van der Waals surface area contributed by atoms with Crippen LogP contribution in [0.2, 0.25) is 0 Å². The Labute approximate surface area is 77.8 Å². The van der Waals surface area contributed by atoms with Gasteiger partial charge in [-0.05, 0) is 12.5 Å². The minimum atomic E-state index is 0.632. The van der Waals surface area contributed by atoms with Crippen molar-refractivity contribution in [3.8, 4) is 11.5 Å². The molecule has 0 saturated carbocycles. The van der Waals surface area contributed by atoms with Crippen molar-refractivity contribution >= 4 is 0 Å². The summed E-state index contributed by atoms with van der Waals surface area (Å²) in [5, 5.41) is 0. The molecule has 0 bridgehead atoms. The Bertz CT molecular complexity index is 329. The average molecular weight is 176 g/mol. The largest absolute Gasteiger partial charge is 0.493 e. The number of ether oxygens (including phenoxy) is 2. The lowest BCUT2D eigenvalue weighted by molar-refractivity contribution is 0.326. The van der Waals surface area contributed by atoms with Crippen LogP contribution in [0.25, 0.3) is 0 Å². The van der Waals surface area contributed by atoms with Crippen molar-refractivity contribution in [2.24, 2.45) is 0 Å². The highest BCUT2D eigenvalue weighted by Crippen LogP contribution is 2.32. The summed E-state index contributed by atoms with van der Waals surface area (Å²) in [5.74, 6) is 1.70. The van der Waals surface area contributed by atoms with E-state index in [1.807, 2.05) is 18.2 Å². The third kappa shape index (κ3) is 1.52. The summed E-state index contributed by atoms with van der Waals surface area (Å²) in [7, 11) is 1.66. The van der Waals surface area contributed by atoms with Gasteiger partial charge in [-0.15, -0.1) is 0 Å². The summed E-state index contributed by atoms with van der Waals surface area (Å²) in [6, 6.07) is 5.97. The number of benzene rings is 1. The van der Waals surface area contributed by atoms with E-state index in [2.05, 4.69) is 12.1 Å². The van der Waals surface area contributed by atoms with Crippen LogP contribution in [-0.4, -0.2) is 13.7 Å². The summed E-state index contributed by atoms with van der Waals surface area (Å²) in [6.07, 6.45) is 5.07. The Kier molecular flexibility index (Phi) is 2.21. The van der Waals surface area contributed by atoms with Crippen molar-refractivity contribution < 1.29 is 9.47 Å². The van der Waals surface area contributed by atoms with Gasteiger partial charge in [0.1, 0.15) is 6.61 Å². The lowest BCUT2D eigenvalue weighted by Crippen LogP contribution is -1.97. The second kappa shape index (κ2) is 3.52. The molecule has 1 aliphatic heterocycles. The molecule has 1 aliphatic rings. The Morgan fingerprint density at radius 2 is 2.23 bits per heavy atom. The number of hydrogen-bond donors (Lipinski definition) is 0. The van der Waals surface area contributed by atoms with Gasteiger partial charge in [-0.1, -0.05) is 24.3 Å². The second-order valence-corrected chi connectivity index (χ2v) is 2.94. The summed E-state index contributed by atoms with van der Waals surface area (Å²) >= 11 is 0. The van der Waals surface area contributed by atoms with E-state index < -0.39 is 0 Å². The van der Waals surface area contributed by atoms with Gasteiger partial charge in [0.15, 0.2) is 11.5 Å². The molecule has 0 aliphatic carbocycles. The average Bonchev–Trinajstić information content (AvgIpc) is 2.41. The maximum Gasteiger partial charge on any atom is 0.165 e. The zero-order valence-corrected chi connectivity index (χ0v) is 7.62. The lowest BCUT2D eigenvalue weighted by atomic mass is 10.1. The third-order valence-electron chi connectivity index (χ3n) is 2.11. The summed E-state index contributed by atoms with van der Waals surface area (Å²) < 4.78 is 10.8. The highest BCUT2D eigenvalue weighted by Gasteiger charge is 2.10. The van der Waals surface area contributed by atoms with Crippen LogP contribution in [0.1, 0.15) is 5.56 Å². The van der Waals surface area contributed by atoms with Crippen LogP contribution in [0.5, 0.6) is 11.5 Å². The molecule has 1 heterocycles. The summed E-state index contributed by atoms with van der Waals surface area (Å²) in [5.41, 5.74) is 1.19. The van der Waals surface area contributed by atoms with Crippen molar-refractivity contribution in [1.82, 2.24) is 0 Å². The highest BCUT2D eigenvalue weighted by atomic mass is 16.5. The van der Waals surface area contributed by atoms with Crippen LogP contribution in [0, 0.1) is 0 Å².